The van der Waals surface area contributed by atoms with Gasteiger partial charge in [-0.15, -0.1) is 0 Å². The molecule has 0 aromatic carbocycles. The van der Waals surface area contributed by atoms with Crippen molar-refractivity contribution in [1.82, 2.24) is 10.2 Å². The molecule has 0 rings (SSSR count). The number of rotatable bonds is 9. The normalized spacial score (nSPS) is 11.1. The zero-order chi connectivity index (χ0) is 9.94. The zero-order valence-electron chi connectivity index (χ0n) is 9.60. The topological polar surface area (TPSA) is 15.3 Å². The van der Waals surface area contributed by atoms with Crippen LogP contribution in [0.2, 0.25) is 0 Å². The molecule has 0 spiro atoms. The van der Waals surface area contributed by atoms with Gasteiger partial charge in [0, 0.05) is 13.1 Å². The van der Waals surface area contributed by atoms with Gasteiger partial charge in [-0.3, -0.25) is 0 Å². The number of nitrogens with one attached hydrogen (secondary N) is 1. The molecule has 2 heteroatoms. The van der Waals surface area contributed by atoms with E-state index in [2.05, 4.69) is 31.0 Å². The summed E-state index contributed by atoms with van der Waals surface area (Å²) in [7, 11) is 0. The maximum absolute atomic E-state index is 3.48. The van der Waals surface area contributed by atoms with E-state index in [1.807, 2.05) is 0 Å². The fourth-order valence-corrected chi connectivity index (χ4v) is 1.40. The van der Waals surface area contributed by atoms with Crippen molar-refractivity contribution in [3.63, 3.8) is 0 Å². The highest BCUT2D eigenvalue weighted by atomic mass is 15.1. The Labute approximate surface area is 83.7 Å². The zero-order valence-corrected chi connectivity index (χ0v) is 9.60. The molecule has 80 valence electrons. The van der Waals surface area contributed by atoms with Gasteiger partial charge in [-0.05, 0) is 26.1 Å². The van der Waals surface area contributed by atoms with Crippen molar-refractivity contribution >= 4 is 0 Å². The number of hydrogen-bond acceptors (Lipinski definition) is 2. The fourth-order valence-electron chi connectivity index (χ4n) is 1.40. The molecule has 0 atom stereocenters. The van der Waals surface area contributed by atoms with E-state index >= 15 is 0 Å². The molecule has 13 heavy (non-hydrogen) atoms. The second kappa shape index (κ2) is 10.0. The molecule has 0 aliphatic carbocycles. The van der Waals surface area contributed by atoms with Gasteiger partial charge in [0.15, 0.2) is 0 Å². The molecular formula is C11H26N2. The first-order valence-electron chi connectivity index (χ1n) is 5.78. The van der Waals surface area contributed by atoms with E-state index < -0.39 is 0 Å². The molecule has 0 amide bonds. The van der Waals surface area contributed by atoms with Gasteiger partial charge in [0.05, 0.1) is 0 Å². The highest BCUT2D eigenvalue weighted by Crippen LogP contribution is 1.91. The maximum Gasteiger partial charge on any atom is 0.0107 e. The monoisotopic (exact) mass is 186 g/mol. The summed E-state index contributed by atoms with van der Waals surface area (Å²) < 4.78 is 0. The van der Waals surface area contributed by atoms with Crippen molar-refractivity contribution < 1.29 is 0 Å². The van der Waals surface area contributed by atoms with Gasteiger partial charge < -0.3 is 10.2 Å². The lowest BCUT2D eigenvalue weighted by Gasteiger charge is -2.17. The minimum atomic E-state index is 1.14. The van der Waals surface area contributed by atoms with Crippen molar-refractivity contribution in [2.75, 3.05) is 32.7 Å². The summed E-state index contributed by atoms with van der Waals surface area (Å²) in [4.78, 5) is 2.45. The summed E-state index contributed by atoms with van der Waals surface area (Å²) in [6.07, 6.45) is 4.00. The Morgan fingerprint density at radius 1 is 0.923 bits per heavy atom. The lowest BCUT2D eigenvalue weighted by molar-refractivity contribution is 0.302. The predicted molar refractivity (Wildman–Crippen MR) is 60.2 cm³/mol. The van der Waals surface area contributed by atoms with Crippen molar-refractivity contribution in [1.29, 1.82) is 0 Å². The molecule has 0 saturated carbocycles. The van der Waals surface area contributed by atoms with Crippen LogP contribution in [0.1, 0.15) is 40.0 Å². The number of likely N-dealkylation sites (N-methyl/N-ethyl adjacent to an activating group) is 1. The van der Waals surface area contributed by atoms with Gasteiger partial charge in [0.25, 0.3) is 0 Å². The molecule has 0 aliphatic rings. The average molecular weight is 186 g/mol. The van der Waals surface area contributed by atoms with Gasteiger partial charge in [-0.2, -0.15) is 0 Å². The van der Waals surface area contributed by atoms with Gasteiger partial charge >= 0.3 is 0 Å². The molecule has 0 aliphatic heterocycles. The summed E-state index contributed by atoms with van der Waals surface area (Å²) in [5.74, 6) is 0. The van der Waals surface area contributed by atoms with E-state index in [0.29, 0.717) is 0 Å². The van der Waals surface area contributed by atoms with Crippen molar-refractivity contribution in [2.45, 2.75) is 40.0 Å². The third-order valence-corrected chi connectivity index (χ3v) is 2.46. The molecule has 2 nitrogen and oxygen atoms in total. The molecule has 0 radical (unpaired) electrons. The quantitative estimate of drug-likeness (QED) is 0.555. The van der Waals surface area contributed by atoms with Crippen LogP contribution in [0.5, 0.6) is 0 Å². The van der Waals surface area contributed by atoms with Crippen LogP contribution in [0, 0.1) is 0 Å². The van der Waals surface area contributed by atoms with E-state index in [4.69, 9.17) is 0 Å². The molecule has 0 saturated heterocycles. The Balaban J connectivity index is 3.05. The van der Waals surface area contributed by atoms with E-state index in [-0.39, 0.29) is 0 Å². The number of hydrogen-bond donors (Lipinski definition) is 1. The van der Waals surface area contributed by atoms with Crippen LogP contribution in [0.3, 0.4) is 0 Å². The standard InChI is InChI=1S/C11H26N2/c1-4-7-8-9-12-10-11-13(5-2)6-3/h12H,4-11H2,1-3H3. The fraction of sp³-hybridized carbons (Fsp3) is 1.00. The Kier molecular flexibility index (Phi) is 9.94. The Hall–Kier alpha value is -0.0800. The first-order valence-corrected chi connectivity index (χ1v) is 5.78. The van der Waals surface area contributed by atoms with Crippen molar-refractivity contribution in [3.8, 4) is 0 Å². The maximum atomic E-state index is 3.48. The second-order valence-corrected chi connectivity index (χ2v) is 3.48. The molecule has 0 aromatic rings. The van der Waals surface area contributed by atoms with Crippen LogP contribution in [0.25, 0.3) is 0 Å². The van der Waals surface area contributed by atoms with Gasteiger partial charge in [-0.1, -0.05) is 33.6 Å². The summed E-state index contributed by atoms with van der Waals surface area (Å²) in [6.45, 7) is 12.6. The Morgan fingerprint density at radius 2 is 1.62 bits per heavy atom. The lowest BCUT2D eigenvalue weighted by Crippen LogP contribution is -2.32. The minimum Gasteiger partial charge on any atom is -0.315 e. The molecular weight excluding hydrogens is 160 g/mol. The highest BCUT2D eigenvalue weighted by molar-refractivity contribution is 4.55. The molecule has 0 unspecified atom stereocenters. The lowest BCUT2D eigenvalue weighted by atomic mass is 10.2. The summed E-state index contributed by atoms with van der Waals surface area (Å²) in [5, 5.41) is 3.48. The third kappa shape index (κ3) is 8.26. The Morgan fingerprint density at radius 3 is 2.15 bits per heavy atom. The number of nitrogens with zero attached hydrogens (tertiary/aromatic N) is 1. The summed E-state index contributed by atoms with van der Waals surface area (Å²) in [6, 6.07) is 0. The van der Waals surface area contributed by atoms with Crippen molar-refractivity contribution in [3.05, 3.63) is 0 Å². The Bertz CT molecular complexity index is 90.1. The van der Waals surface area contributed by atoms with Crippen LogP contribution in [-0.4, -0.2) is 37.6 Å². The SMILES string of the molecule is CCCCCNCCN(CC)CC. The van der Waals surface area contributed by atoms with Gasteiger partial charge in [0.2, 0.25) is 0 Å². The van der Waals surface area contributed by atoms with E-state index in [1.165, 1.54) is 45.4 Å². The van der Waals surface area contributed by atoms with E-state index in [0.717, 1.165) is 6.54 Å². The van der Waals surface area contributed by atoms with E-state index in [1.54, 1.807) is 0 Å². The van der Waals surface area contributed by atoms with Crippen molar-refractivity contribution in [2.24, 2.45) is 0 Å². The highest BCUT2D eigenvalue weighted by Gasteiger charge is 1.96. The second-order valence-electron chi connectivity index (χ2n) is 3.48. The molecule has 0 heterocycles. The van der Waals surface area contributed by atoms with Crippen LogP contribution in [0.4, 0.5) is 0 Å². The van der Waals surface area contributed by atoms with Gasteiger partial charge in [-0.25, -0.2) is 0 Å². The predicted octanol–water partition coefficient (Wildman–Crippen LogP) is 2.11. The average Bonchev–Trinajstić information content (AvgIpc) is 2.17. The number of unbranched alkanes of at least 4 members (excludes halogenated alkanes) is 2. The largest absolute Gasteiger partial charge is 0.315 e. The molecule has 0 fully saturated rings. The van der Waals surface area contributed by atoms with Crippen LogP contribution >= 0.6 is 0 Å². The summed E-state index contributed by atoms with van der Waals surface area (Å²) in [5.41, 5.74) is 0. The third-order valence-electron chi connectivity index (χ3n) is 2.46. The van der Waals surface area contributed by atoms with Crippen LogP contribution in [0.15, 0.2) is 0 Å². The summed E-state index contributed by atoms with van der Waals surface area (Å²) >= 11 is 0. The van der Waals surface area contributed by atoms with Crippen LogP contribution in [-0.2, 0) is 0 Å². The smallest absolute Gasteiger partial charge is 0.0107 e. The molecule has 0 bridgehead atoms. The molecule has 1 N–H and O–H groups in total. The van der Waals surface area contributed by atoms with Crippen LogP contribution < -0.4 is 5.32 Å². The first kappa shape index (κ1) is 12.9. The van der Waals surface area contributed by atoms with E-state index in [9.17, 15) is 0 Å². The minimum absolute atomic E-state index is 1.14. The van der Waals surface area contributed by atoms with Gasteiger partial charge in [0.1, 0.15) is 0 Å². The molecule has 0 aromatic heterocycles. The first-order chi connectivity index (χ1) is 6.35.